The molecule has 1 rings (SSSR count). The summed E-state index contributed by atoms with van der Waals surface area (Å²) in [6, 6.07) is 5.22. The zero-order valence-electron chi connectivity index (χ0n) is 10.3. The Morgan fingerprint density at radius 1 is 1.19 bits per heavy atom. The normalized spacial score (nSPS) is 13.4. The first-order chi connectivity index (χ1) is 7.40. The smallest absolute Gasteiger partial charge is 0.123 e. The molecule has 0 aliphatic heterocycles. The van der Waals surface area contributed by atoms with Crippen molar-refractivity contribution in [2.24, 2.45) is 11.5 Å². The summed E-state index contributed by atoms with van der Waals surface area (Å²) in [6.45, 7) is 3.77. The van der Waals surface area contributed by atoms with Crippen molar-refractivity contribution in [3.05, 3.63) is 23.8 Å². The van der Waals surface area contributed by atoms with E-state index >= 15 is 0 Å². The third kappa shape index (κ3) is 2.65. The molecule has 4 N–H and O–H groups in total. The van der Waals surface area contributed by atoms with Gasteiger partial charge in [-0.15, -0.1) is 0 Å². The van der Waals surface area contributed by atoms with Crippen molar-refractivity contribution >= 4 is 0 Å². The minimum absolute atomic E-state index is 0.308. The van der Waals surface area contributed by atoms with E-state index in [1.165, 1.54) is 0 Å². The van der Waals surface area contributed by atoms with Gasteiger partial charge in [-0.25, -0.2) is 0 Å². The molecular formula is C12H20N2O2. The molecule has 0 aromatic heterocycles. The average Bonchev–Trinajstić information content (AvgIpc) is 2.25. The summed E-state index contributed by atoms with van der Waals surface area (Å²) in [5.74, 6) is 1.47. The van der Waals surface area contributed by atoms with E-state index in [4.69, 9.17) is 20.9 Å². The molecule has 0 spiro atoms. The van der Waals surface area contributed by atoms with Crippen molar-refractivity contribution in [3.63, 3.8) is 0 Å². The summed E-state index contributed by atoms with van der Waals surface area (Å²) < 4.78 is 10.4. The predicted molar refractivity (Wildman–Crippen MR) is 64.7 cm³/mol. The van der Waals surface area contributed by atoms with Crippen molar-refractivity contribution in [3.8, 4) is 11.5 Å². The predicted octanol–water partition coefficient (Wildman–Crippen LogP) is 1.44. The van der Waals surface area contributed by atoms with Crippen LogP contribution in [0.4, 0.5) is 0 Å². The maximum absolute atomic E-state index is 6.11. The highest BCUT2D eigenvalue weighted by molar-refractivity contribution is 5.43. The van der Waals surface area contributed by atoms with Crippen LogP contribution >= 0.6 is 0 Å². The maximum atomic E-state index is 6.11. The Hall–Kier alpha value is -1.26. The third-order valence-corrected chi connectivity index (χ3v) is 2.57. The Bertz CT molecular complexity index is 359. The van der Waals surface area contributed by atoms with E-state index < -0.39 is 5.54 Å². The molecule has 1 aromatic rings. The van der Waals surface area contributed by atoms with Crippen molar-refractivity contribution < 1.29 is 9.47 Å². The van der Waals surface area contributed by atoms with Gasteiger partial charge in [0.05, 0.1) is 20.3 Å². The van der Waals surface area contributed by atoms with E-state index in [1.54, 1.807) is 14.2 Å². The van der Waals surface area contributed by atoms with Crippen LogP contribution in [0.1, 0.15) is 25.5 Å². The number of hydrogen-bond donors (Lipinski definition) is 2. The molecular weight excluding hydrogens is 204 g/mol. The molecule has 16 heavy (non-hydrogen) atoms. The Morgan fingerprint density at radius 3 is 2.25 bits per heavy atom. The van der Waals surface area contributed by atoms with E-state index in [0.29, 0.717) is 0 Å². The lowest BCUT2D eigenvalue weighted by atomic mass is 9.90. The first-order valence-electron chi connectivity index (χ1n) is 5.16. The van der Waals surface area contributed by atoms with Crippen LogP contribution in [0.25, 0.3) is 0 Å². The van der Waals surface area contributed by atoms with Crippen LogP contribution in [-0.2, 0) is 0 Å². The number of benzene rings is 1. The Labute approximate surface area is 96.5 Å². The minimum atomic E-state index is -0.514. The second kappa shape index (κ2) is 4.72. The van der Waals surface area contributed by atoms with Crippen molar-refractivity contribution in [2.75, 3.05) is 14.2 Å². The first kappa shape index (κ1) is 12.8. The quantitative estimate of drug-likeness (QED) is 0.812. The van der Waals surface area contributed by atoms with Gasteiger partial charge in [0, 0.05) is 11.1 Å². The summed E-state index contributed by atoms with van der Waals surface area (Å²) in [4.78, 5) is 0. The summed E-state index contributed by atoms with van der Waals surface area (Å²) >= 11 is 0. The van der Waals surface area contributed by atoms with Gasteiger partial charge in [-0.2, -0.15) is 0 Å². The van der Waals surface area contributed by atoms with Gasteiger partial charge < -0.3 is 20.9 Å². The lowest BCUT2D eigenvalue weighted by molar-refractivity contribution is 0.370. The highest BCUT2D eigenvalue weighted by atomic mass is 16.5. The van der Waals surface area contributed by atoms with Gasteiger partial charge in [0.25, 0.3) is 0 Å². The fourth-order valence-electron chi connectivity index (χ4n) is 1.48. The fourth-order valence-corrected chi connectivity index (χ4v) is 1.48. The number of methoxy groups -OCH3 is 2. The lowest BCUT2D eigenvalue weighted by Gasteiger charge is -2.28. The minimum Gasteiger partial charge on any atom is -0.497 e. The first-order valence-corrected chi connectivity index (χ1v) is 5.16. The van der Waals surface area contributed by atoms with Crippen molar-refractivity contribution in [1.29, 1.82) is 0 Å². The molecule has 0 heterocycles. The molecule has 4 heteroatoms. The molecule has 1 unspecified atom stereocenters. The summed E-state index contributed by atoms with van der Waals surface area (Å²) in [5, 5.41) is 0. The van der Waals surface area contributed by atoms with Gasteiger partial charge in [0.1, 0.15) is 11.5 Å². The zero-order chi connectivity index (χ0) is 12.3. The van der Waals surface area contributed by atoms with E-state index in [-0.39, 0.29) is 6.04 Å². The summed E-state index contributed by atoms with van der Waals surface area (Å²) in [7, 11) is 3.23. The zero-order valence-corrected chi connectivity index (χ0v) is 10.3. The molecule has 0 aliphatic rings. The highest BCUT2D eigenvalue weighted by Gasteiger charge is 2.26. The van der Waals surface area contributed by atoms with E-state index in [2.05, 4.69) is 0 Å². The number of nitrogens with two attached hydrogens (primary N) is 2. The SMILES string of the molecule is COc1ccc(OC)c(C(N)C(C)(C)N)c1. The average molecular weight is 224 g/mol. The topological polar surface area (TPSA) is 70.5 Å². The van der Waals surface area contributed by atoms with Crippen LogP contribution in [0.3, 0.4) is 0 Å². The molecule has 0 aliphatic carbocycles. The van der Waals surface area contributed by atoms with E-state index in [1.807, 2.05) is 32.0 Å². The summed E-state index contributed by atoms with van der Waals surface area (Å²) in [6.07, 6.45) is 0. The van der Waals surface area contributed by atoms with Gasteiger partial charge in [-0.1, -0.05) is 0 Å². The Morgan fingerprint density at radius 2 is 1.81 bits per heavy atom. The molecule has 90 valence electrons. The van der Waals surface area contributed by atoms with E-state index in [0.717, 1.165) is 17.1 Å². The third-order valence-electron chi connectivity index (χ3n) is 2.57. The van der Waals surface area contributed by atoms with E-state index in [9.17, 15) is 0 Å². The molecule has 4 nitrogen and oxygen atoms in total. The molecule has 1 atom stereocenters. The molecule has 0 bridgehead atoms. The largest absolute Gasteiger partial charge is 0.497 e. The highest BCUT2D eigenvalue weighted by Crippen LogP contribution is 2.32. The summed E-state index contributed by atoms with van der Waals surface area (Å²) in [5.41, 5.74) is 12.5. The number of hydrogen-bond acceptors (Lipinski definition) is 4. The Balaban J connectivity index is 3.18. The van der Waals surface area contributed by atoms with Gasteiger partial charge in [-0.05, 0) is 32.0 Å². The van der Waals surface area contributed by atoms with Crippen LogP contribution in [0.2, 0.25) is 0 Å². The van der Waals surface area contributed by atoms with Gasteiger partial charge in [-0.3, -0.25) is 0 Å². The van der Waals surface area contributed by atoms with Crippen LogP contribution in [0.15, 0.2) is 18.2 Å². The van der Waals surface area contributed by atoms with Crippen molar-refractivity contribution in [2.45, 2.75) is 25.4 Å². The van der Waals surface area contributed by atoms with Crippen LogP contribution in [0, 0.1) is 0 Å². The molecule has 0 saturated heterocycles. The van der Waals surface area contributed by atoms with Crippen molar-refractivity contribution in [1.82, 2.24) is 0 Å². The lowest BCUT2D eigenvalue weighted by Crippen LogP contribution is -2.43. The molecule has 0 fully saturated rings. The monoisotopic (exact) mass is 224 g/mol. The molecule has 1 aromatic carbocycles. The van der Waals surface area contributed by atoms with Gasteiger partial charge >= 0.3 is 0 Å². The fraction of sp³-hybridized carbons (Fsp3) is 0.500. The van der Waals surface area contributed by atoms with Crippen LogP contribution in [0.5, 0.6) is 11.5 Å². The second-order valence-electron chi connectivity index (χ2n) is 4.41. The molecule has 0 radical (unpaired) electrons. The Kier molecular flexibility index (Phi) is 3.78. The number of ether oxygens (including phenoxy) is 2. The van der Waals surface area contributed by atoms with Gasteiger partial charge in [0.15, 0.2) is 0 Å². The van der Waals surface area contributed by atoms with Crippen LogP contribution < -0.4 is 20.9 Å². The standard InChI is InChI=1S/C12H20N2O2/c1-12(2,14)11(13)9-7-8(15-3)5-6-10(9)16-4/h5-7,11H,13-14H2,1-4H3. The maximum Gasteiger partial charge on any atom is 0.123 e. The van der Waals surface area contributed by atoms with Crippen LogP contribution in [-0.4, -0.2) is 19.8 Å². The van der Waals surface area contributed by atoms with Gasteiger partial charge in [0.2, 0.25) is 0 Å². The molecule has 0 amide bonds. The number of rotatable bonds is 4. The second-order valence-corrected chi connectivity index (χ2v) is 4.41. The molecule has 0 saturated carbocycles.